The van der Waals surface area contributed by atoms with Crippen molar-refractivity contribution in [3.05, 3.63) is 104 Å². The Kier molecular flexibility index (Phi) is 8.36. The fourth-order valence-corrected chi connectivity index (χ4v) is 4.67. The van der Waals surface area contributed by atoms with E-state index in [1.165, 1.54) is 6.20 Å². The predicted octanol–water partition coefficient (Wildman–Crippen LogP) is 5.32. The molecule has 0 saturated carbocycles. The molecule has 2 aromatic heterocycles. The lowest BCUT2D eigenvalue weighted by atomic mass is 9.92. The van der Waals surface area contributed by atoms with E-state index in [1.54, 1.807) is 29.3 Å². The van der Waals surface area contributed by atoms with E-state index in [1.807, 2.05) is 51.1 Å². The molecule has 0 radical (unpaired) electrons. The molecule has 4 rings (SSSR count). The van der Waals surface area contributed by atoms with Crippen LogP contribution in [0.15, 0.2) is 70.1 Å². The molecule has 4 aromatic rings. The summed E-state index contributed by atoms with van der Waals surface area (Å²) in [4.78, 5) is 37.9. The lowest BCUT2D eigenvalue weighted by Crippen LogP contribution is -2.40. The Morgan fingerprint density at radius 2 is 1.86 bits per heavy atom. The highest BCUT2D eigenvalue weighted by Gasteiger charge is 2.34. The highest BCUT2D eigenvalue weighted by molar-refractivity contribution is 6.31. The number of carbonyl (C=O) groups is 1. The third kappa shape index (κ3) is 5.89. The number of benzene rings is 2. The summed E-state index contributed by atoms with van der Waals surface area (Å²) in [6.45, 7) is 6.60. The van der Waals surface area contributed by atoms with Crippen molar-refractivity contribution in [3.63, 3.8) is 0 Å². The number of halogens is 1. The quantitative estimate of drug-likeness (QED) is 0.321. The van der Waals surface area contributed by atoms with E-state index in [2.05, 4.69) is 9.97 Å². The van der Waals surface area contributed by atoms with Gasteiger partial charge >= 0.3 is 0 Å². The molecule has 0 aliphatic heterocycles. The average molecular weight is 519 g/mol. The molecule has 2 heterocycles. The Morgan fingerprint density at radius 1 is 1.11 bits per heavy atom. The van der Waals surface area contributed by atoms with E-state index >= 15 is 0 Å². The van der Waals surface area contributed by atoms with Gasteiger partial charge in [0.15, 0.2) is 5.43 Å². The summed E-state index contributed by atoms with van der Waals surface area (Å²) in [6.07, 6.45) is 3.99. The van der Waals surface area contributed by atoms with Crippen molar-refractivity contribution in [3.8, 4) is 0 Å². The second-order valence-corrected chi connectivity index (χ2v) is 9.89. The van der Waals surface area contributed by atoms with Gasteiger partial charge in [-0.15, -0.1) is 0 Å². The number of nitrogens with two attached hydrogens (primary N) is 1. The number of hydrogen-bond donors (Lipinski definition) is 1. The van der Waals surface area contributed by atoms with Gasteiger partial charge in [0, 0.05) is 35.8 Å². The molecular weight excluding hydrogens is 488 g/mol. The standard InChI is InChI=1S/C29H31ClN4O3/c1-18(2)26(34(13-7-12-31)29(36)24-17-32-19(3)16-33-24)28-23(14-20-8-5-4-6-9-20)27(35)22-11-10-21(30)15-25(22)37-28/h4-6,8-11,15-18,26H,7,12-14,31H2,1-3H3. The molecular formula is C29H31ClN4O3. The SMILES string of the molecule is Cc1cnc(C(=O)N(CCCN)C(c2oc3cc(Cl)ccc3c(=O)c2Cc2ccccc2)C(C)C)cn1. The minimum Gasteiger partial charge on any atom is -0.458 e. The number of rotatable bonds is 9. The second-order valence-electron chi connectivity index (χ2n) is 9.45. The fraction of sp³-hybridized carbons (Fsp3) is 0.310. The maximum Gasteiger partial charge on any atom is 0.274 e. The third-order valence-corrected chi connectivity index (χ3v) is 6.54. The number of carbonyl (C=O) groups excluding carboxylic acids is 1. The first kappa shape index (κ1) is 26.5. The van der Waals surface area contributed by atoms with Gasteiger partial charge in [-0.1, -0.05) is 55.8 Å². The van der Waals surface area contributed by atoms with Gasteiger partial charge in [0.1, 0.15) is 17.0 Å². The molecule has 0 bridgehead atoms. The van der Waals surface area contributed by atoms with Crippen LogP contribution in [0.5, 0.6) is 0 Å². The van der Waals surface area contributed by atoms with Gasteiger partial charge in [-0.25, -0.2) is 4.98 Å². The largest absolute Gasteiger partial charge is 0.458 e. The van der Waals surface area contributed by atoms with Crippen molar-refractivity contribution in [2.24, 2.45) is 11.7 Å². The van der Waals surface area contributed by atoms with E-state index < -0.39 is 6.04 Å². The minimum atomic E-state index is -0.544. The molecule has 37 heavy (non-hydrogen) atoms. The molecule has 1 unspecified atom stereocenters. The van der Waals surface area contributed by atoms with Crippen LogP contribution >= 0.6 is 11.6 Å². The molecule has 1 amide bonds. The van der Waals surface area contributed by atoms with Crippen LogP contribution < -0.4 is 11.2 Å². The molecule has 7 nitrogen and oxygen atoms in total. The van der Waals surface area contributed by atoms with Gasteiger partial charge in [0.05, 0.1) is 23.3 Å². The summed E-state index contributed by atoms with van der Waals surface area (Å²) in [5.74, 6) is 0.0673. The number of fused-ring (bicyclic) bond motifs is 1. The van der Waals surface area contributed by atoms with Gasteiger partial charge in [-0.3, -0.25) is 14.6 Å². The lowest BCUT2D eigenvalue weighted by molar-refractivity contribution is 0.0581. The highest BCUT2D eigenvalue weighted by atomic mass is 35.5. The fourth-order valence-electron chi connectivity index (χ4n) is 4.51. The van der Waals surface area contributed by atoms with Crippen LogP contribution in [0.25, 0.3) is 11.0 Å². The Bertz CT molecular complexity index is 1440. The molecule has 0 aliphatic rings. The normalized spacial score (nSPS) is 12.2. The van der Waals surface area contributed by atoms with Crippen LogP contribution in [0, 0.1) is 12.8 Å². The Balaban J connectivity index is 1.93. The maximum absolute atomic E-state index is 13.9. The predicted molar refractivity (Wildman–Crippen MR) is 146 cm³/mol. The van der Waals surface area contributed by atoms with Crippen LogP contribution in [0.3, 0.4) is 0 Å². The van der Waals surface area contributed by atoms with Crippen molar-refractivity contribution >= 4 is 28.5 Å². The summed E-state index contributed by atoms with van der Waals surface area (Å²) in [7, 11) is 0. The van der Waals surface area contributed by atoms with Gasteiger partial charge in [0.25, 0.3) is 5.91 Å². The zero-order chi connectivity index (χ0) is 26.5. The number of amides is 1. The molecule has 1 atom stereocenters. The summed E-state index contributed by atoms with van der Waals surface area (Å²) < 4.78 is 6.47. The molecule has 8 heteroatoms. The van der Waals surface area contributed by atoms with Gasteiger partial charge in [-0.05, 0) is 43.5 Å². The van der Waals surface area contributed by atoms with Gasteiger partial charge in [-0.2, -0.15) is 0 Å². The van der Waals surface area contributed by atoms with E-state index in [9.17, 15) is 9.59 Å². The van der Waals surface area contributed by atoms with Crippen LogP contribution in [-0.4, -0.2) is 33.9 Å². The van der Waals surface area contributed by atoms with Crippen molar-refractivity contribution < 1.29 is 9.21 Å². The zero-order valence-electron chi connectivity index (χ0n) is 21.3. The zero-order valence-corrected chi connectivity index (χ0v) is 22.0. The molecule has 0 aliphatic carbocycles. The lowest BCUT2D eigenvalue weighted by Gasteiger charge is -2.34. The Morgan fingerprint density at radius 3 is 2.51 bits per heavy atom. The Labute approximate surface area is 221 Å². The molecule has 0 spiro atoms. The number of hydrogen-bond acceptors (Lipinski definition) is 6. The van der Waals surface area contributed by atoms with Crippen molar-refractivity contribution in [1.29, 1.82) is 0 Å². The first-order valence-corrected chi connectivity index (χ1v) is 12.8. The van der Waals surface area contributed by atoms with Crippen LogP contribution in [0.1, 0.15) is 59.4 Å². The molecule has 2 aromatic carbocycles. The van der Waals surface area contributed by atoms with E-state index in [0.29, 0.717) is 58.9 Å². The van der Waals surface area contributed by atoms with Gasteiger partial charge < -0.3 is 15.1 Å². The van der Waals surface area contributed by atoms with Crippen LogP contribution in [0.2, 0.25) is 5.02 Å². The third-order valence-electron chi connectivity index (χ3n) is 6.30. The van der Waals surface area contributed by atoms with Crippen LogP contribution in [-0.2, 0) is 6.42 Å². The molecule has 0 saturated heterocycles. The van der Waals surface area contributed by atoms with E-state index in [-0.39, 0.29) is 22.9 Å². The summed E-state index contributed by atoms with van der Waals surface area (Å²) in [6, 6.07) is 14.2. The summed E-state index contributed by atoms with van der Waals surface area (Å²) >= 11 is 6.25. The minimum absolute atomic E-state index is 0.0885. The second kappa shape index (κ2) is 11.7. The average Bonchev–Trinajstić information content (AvgIpc) is 2.88. The Hall–Kier alpha value is -3.55. The maximum atomic E-state index is 13.9. The van der Waals surface area contributed by atoms with E-state index in [0.717, 1.165) is 5.56 Å². The van der Waals surface area contributed by atoms with Gasteiger partial charge in [0.2, 0.25) is 0 Å². The van der Waals surface area contributed by atoms with Crippen molar-refractivity contribution in [2.45, 2.75) is 39.7 Å². The van der Waals surface area contributed by atoms with Crippen LogP contribution in [0.4, 0.5) is 0 Å². The number of aryl methyl sites for hydroxylation is 1. The smallest absolute Gasteiger partial charge is 0.274 e. The molecule has 0 fully saturated rings. The number of aromatic nitrogens is 2. The van der Waals surface area contributed by atoms with E-state index in [4.69, 9.17) is 21.8 Å². The summed E-state index contributed by atoms with van der Waals surface area (Å²) in [5, 5.41) is 0.912. The topological polar surface area (TPSA) is 102 Å². The van der Waals surface area contributed by atoms with Crippen molar-refractivity contribution in [1.82, 2.24) is 14.9 Å². The first-order chi connectivity index (χ1) is 17.8. The first-order valence-electron chi connectivity index (χ1n) is 12.4. The highest BCUT2D eigenvalue weighted by Crippen LogP contribution is 2.34. The summed E-state index contributed by atoms with van der Waals surface area (Å²) in [5.41, 5.74) is 8.52. The van der Waals surface area contributed by atoms with Crippen molar-refractivity contribution in [2.75, 3.05) is 13.1 Å². The molecule has 2 N–H and O–H groups in total. The monoisotopic (exact) mass is 518 g/mol. The number of nitrogens with zero attached hydrogens (tertiary/aromatic N) is 3. The molecule has 192 valence electrons.